The van der Waals surface area contributed by atoms with E-state index < -0.39 is 5.97 Å². The zero-order valence-corrected chi connectivity index (χ0v) is 10.1. The van der Waals surface area contributed by atoms with Crippen LogP contribution in [0.4, 0.5) is 5.69 Å². The molecular formula is C11H16N4O2. The second-order valence-electron chi connectivity index (χ2n) is 4.05. The molecule has 0 N–H and O–H groups in total. The lowest BCUT2D eigenvalue weighted by molar-refractivity contribution is 0.0586. The van der Waals surface area contributed by atoms with Crippen molar-refractivity contribution in [3.8, 4) is 0 Å². The van der Waals surface area contributed by atoms with Crippen molar-refractivity contribution in [3.63, 3.8) is 0 Å². The number of hydrogen-bond acceptors (Lipinski definition) is 6. The maximum absolute atomic E-state index is 11.2. The minimum absolute atomic E-state index is 0.102. The van der Waals surface area contributed by atoms with E-state index >= 15 is 0 Å². The molecule has 2 heterocycles. The van der Waals surface area contributed by atoms with E-state index in [1.165, 1.54) is 7.11 Å². The van der Waals surface area contributed by atoms with E-state index in [1.807, 2.05) is 0 Å². The number of ether oxygens (including phenoxy) is 1. The molecule has 92 valence electrons. The highest BCUT2D eigenvalue weighted by Gasteiger charge is 2.16. The first kappa shape index (κ1) is 11.8. The summed E-state index contributed by atoms with van der Waals surface area (Å²) in [5.41, 5.74) is 0.950. The number of esters is 1. The lowest BCUT2D eigenvalue weighted by atomic mass is 10.3. The van der Waals surface area contributed by atoms with Gasteiger partial charge in [-0.3, -0.25) is 0 Å². The summed E-state index contributed by atoms with van der Waals surface area (Å²) >= 11 is 0. The predicted molar refractivity (Wildman–Crippen MR) is 63.1 cm³/mol. The van der Waals surface area contributed by atoms with Crippen molar-refractivity contribution in [2.24, 2.45) is 0 Å². The summed E-state index contributed by atoms with van der Waals surface area (Å²) in [6.45, 7) is 3.96. The first-order valence-electron chi connectivity index (χ1n) is 5.54. The fraction of sp³-hybridized carbons (Fsp3) is 0.545. The van der Waals surface area contributed by atoms with Crippen LogP contribution >= 0.6 is 0 Å². The number of carbonyl (C=O) groups excluding carboxylic acids is 1. The van der Waals surface area contributed by atoms with Crippen LogP contribution in [-0.4, -0.2) is 61.2 Å². The Morgan fingerprint density at radius 1 is 1.24 bits per heavy atom. The second-order valence-corrected chi connectivity index (χ2v) is 4.05. The molecule has 1 aliphatic rings. The Bertz CT molecular complexity index is 385. The van der Waals surface area contributed by atoms with Crippen LogP contribution in [0.3, 0.4) is 0 Å². The van der Waals surface area contributed by atoms with Gasteiger partial charge in [-0.15, -0.1) is 0 Å². The van der Waals surface area contributed by atoms with E-state index in [-0.39, 0.29) is 5.82 Å². The number of piperazine rings is 1. The molecule has 1 fully saturated rings. The van der Waals surface area contributed by atoms with Crippen molar-refractivity contribution in [2.75, 3.05) is 45.2 Å². The number of methoxy groups -OCH3 is 1. The Balaban J connectivity index is 2.05. The standard InChI is InChI=1S/C11H16N4O2/c1-14-3-5-15(6-4-14)9-7-12-10(13-8-9)11(16)17-2/h7-8H,3-6H2,1-2H3. The van der Waals surface area contributed by atoms with Gasteiger partial charge in [0.15, 0.2) is 0 Å². The van der Waals surface area contributed by atoms with Crippen molar-refractivity contribution < 1.29 is 9.53 Å². The van der Waals surface area contributed by atoms with Crippen LogP contribution < -0.4 is 4.90 Å². The zero-order valence-electron chi connectivity index (χ0n) is 10.1. The molecule has 0 bridgehead atoms. The summed E-state index contributed by atoms with van der Waals surface area (Å²) < 4.78 is 4.55. The molecule has 17 heavy (non-hydrogen) atoms. The predicted octanol–water partition coefficient (Wildman–Crippen LogP) is 0.0150. The van der Waals surface area contributed by atoms with Gasteiger partial charge in [0, 0.05) is 26.2 Å². The highest BCUT2D eigenvalue weighted by atomic mass is 16.5. The third-order valence-corrected chi connectivity index (χ3v) is 2.87. The van der Waals surface area contributed by atoms with Crippen LogP contribution in [0.25, 0.3) is 0 Å². The average Bonchev–Trinajstić information content (AvgIpc) is 2.39. The van der Waals surface area contributed by atoms with Gasteiger partial charge in [0.25, 0.3) is 0 Å². The fourth-order valence-electron chi connectivity index (χ4n) is 1.75. The highest BCUT2D eigenvalue weighted by Crippen LogP contribution is 2.13. The van der Waals surface area contributed by atoms with Gasteiger partial charge < -0.3 is 14.5 Å². The Hall–Kier alpha value is -1.69. The highest BCUT2D eigenvalue weighted by molar-refractivity contribution is 5.85. The largest absolute Gasteiger partial charge is 0.463 e. The summed E-state index contributed by atoms with van der Waals surface area (Å²) in [6.07, 6.45) is 3.34. The normalized spacial score (nSPS) is 16.9. The molecule has 0 unspecified atom stereocenters. The molecule has 6 heteroatoms. The first-order chi connectivity index (χ1) is 8.20. The number of aromatic nitrogens is 2. The molecule has 1 aromatic rings. The number of rotatable bonds is 2. The third-order valence-electron chi connectivity index (χ3n) is 2.87. The number of hydrogen-bond donors (Lipinski definition) is 0. The Kier molecular flexibility index (Phi) is 3.53. The van der Waals surface area contributed by atoms with E-state index in [0.29, 0.717) is 0 Å². The SMILES string of the molecule is COC(=O)c1ncc(N2CCN(C)CC2)cn1. The van der Waals surface area contributed by atoms with Crippen molar-refractivity contribution in [1.29, 1.82) is 0 Å². The molecule has 0 atom stereocenters. The molecule has 0 aliphatic carbocycles. The second kappa shape index (κ2) is 5.09. The molecule has 0 aromatic carbocycles. The fourth-order valence-corrected chi connectivity index (χ4v) is 1.75. The van der Waals surface area contributed by atoms with Crippen LogP contribution in [0.2, 0.25) is 0 Å². The summed E-state index contributed by atoms with van der Waals surface area (Å²) in [4.78, 5) is 23.7. The van der Waals surface area contributed by atoms with Crippen molar-refractivity contribution in [1.82, 2.24) is 14.9 Å². The van der Waals surface area contributed by atoms with E-state index in [0.717, 1.165) is 31.9 Å². The summed E-state index contributed by atoms with van der Waals surface area (Å²) in [6, 6.07) is 0. The first-order valence-corrected chi connectivity index (χ1v) is 5.54. The molecule has 2 rings (SSSR count). The maximum atomic E-state index is 11.2. The third kappa shape index (κ3) is 2.71. The van der Waals surface area contributed by atoms with Crippen LogP contribution in [0.5, 0.6) is 0 Å². The van der Waals surface area contributed by atoms with Crippen LogP contribution in [-0.2, 0) is 4.74 Å². The van der Waals surface area contributed by atoms with Crippen molar-refractivity contribution in [2.45, 2.75) is 0 Å². The van der Waals surface area contributed by atoms with E-state index in [9.17, 15) is 4.79 Å². The smallest absolute Gasteiger partial charge is 0.376 e. The monoisotopic (exact) mass is 236 g/mol. The van der Waals surface area contributed by atoms with Gasteiger partial charge in [-0.2, -0.15) is 0 Å². The number of likely N-dealkylation sites (N-methyl/N-ethyl adjacent to an activating group) is 1. The number of nitrogens with zero attached hydrogens (tertiary/aromatic N) is 4. The van der Waals surface area contributed by atoms with E-state index in [1.54, 1.807) is 12.4 Å². The Labute approximate surface area is 100 Å². The minimum atomic E-state index is -0.505. The number of carbonyl (C=O) groups is 1. The summed E-state index contributed by atoms with van der Waals surface area (Å²) in [7, 11) is 3.42. The van der Waals surface area contributed by atoms with Crippen molar-refractivity contribution in [3.05, 3.63) is 18.2 Å². The van der Waals surface area contributed by atoms with E-state index in [2.05, 4.69) is 31.6 Å². The molecule has 1 aliphatic heterocycles. The van der Waals surface area contributed by atoms with Gasteiger partial charge >= 0.3 is 5.97 Å². The molecular weight excluding hydrogens is 220 g/mol. The minimum Gasteiger partial charge on any atom is -0.463 e. The van der Waals surface area contributed by atoms with Gasteiger partial charge in [0.05, 0.1) is 25.2 Å². The summed E-state index contributed by atoms with van der Waals surface area (Å²) in [5, 5.41) is 0. The average molecular weight is 236 g/mol. The van der Waals surface area contributed by atoms with Gasteiger partial charge in [-0.1, -0.05) is 0 Å². The maximum Gasteiger partial charge on any atom is 0.376 e. The van der Waals surface area contributed by atoms with Gasteiger partial charge in [-0.25, -0.2) is 14.8 Å². The van der Waals surface area contributed by atoms with Gasteiger partial charge in [0.1, 0.15) is 0 Å². The zero-order chi connectivity index (χ0) is 12.3. The van der Waals surface area contributed by atoms with Crippen LogP contribution in [0.1, 0.15) is 10.6 Å². The summed E-state index contributed by atoms with van der Waals surface area (Å²) in [5.74, 6) is -0.402. The van der Waals surface area contributed by atoms with Gasteiger partial charge in [-0.05, 0) is 7.05 Å². The molecule has 1 saturated heterocycles. The lowest BCUT2D eigenvalue weighted by Crippen LogP contribution is -2.44. The lowest BCUT2D eigenvalue weighted by Gasteiger charge is -2.33. The van der Waals surface area contributed by atoms with E-state index in [4.69, 9.17) is 0 Å². The van der Waals surface area contributed by atoms with Crippen LogP contribution in [0.15, 0.2) is 12.4 Å². The van der Waals surface area contributed by atoms with Gasteiger partial charge in [0.2, 0.25) is 5.82 Å². The Morgan fingerprint density at radius 3 is 2.35 bits per heavy atom. The molecule has 1 aromatic heterocycles. The topological polar surface area (TPSA) is 58.6 Å². The Morgan fingerprint density at radius 2 is 1.82 bits per heavy atom. The molecule has 0 saturated carbocycles. The van der Waals surface area contributed by atoms with Crippen LogP contribution in [0, 0.1) is 0 Å². The van der Waals surface area contributed by atoms with Crippen molar-refractivity contribution >= 4 is 11.7 Å². The number of anilines is 1. The molecule has 6 nitrogen and oxygen atoms in total. The quantitative estimate of drug-likeness (QED) is 0.674. The molecule has 0 spiro atoms. The molecule has 0 radical (unpaired) electrons. The molecule has 0 amide bonds.